The second-order valence-corrected chi connectivity index (χ2v) is 6.40. The number of carbonyl (C=O) groups is 1. The maximum Gasteiger partial charge on any atom is 0.260 e. The van der Waals surface area contributed by atoms with E-state index in [2.05, 4.69) is 0 Å². The maximum absolute atomic E-state index is 12.2. The van der Waals surface area contributed by atoms with Crippen molar-refractivity contribution < 1.29 is 18.7 Å². The second kappa shape index (κ2) is 5.99. The molecule has 2 heterocycles. The number of furan rings is 1. The predicted octanol–water partition coefficient (Wildman–Crippen LogP) is 3.03. The van der Waals surface area contributed by atoms with Gasteiger partial charge in [0.25, 0.3) is 5.91 Å². The van der Waals surface area contributed by atoms with E-state index in [1.807, 2.05) is 38.1 Å². The molecule has 1 aromatic heterocycles. The summed E-state index contributed by atoms with van der Waals surface area (Å²) in [5.74, 6) is 2.00. The topological polar surface area (TPSA) is 51.9 Å². The lowest BCUT2D eigenvalue weighted by Gasteiger charge is -2.19. The van der Waals surface area contributed by atoms with E-state index >= 15 is 0 Å². The van der Waals surface area contributed by atoms with Gasteiger partial charge in [-0.05, 0) is 32.0 Å². The minimum atomic E-state index is -0.234. The molecule has 1 aliphatic rings. The van der Waals surface area contributed by atoms with Crippen LogP contribution in [0.15, 0.2) is 41.0 Å². The van der Waals surface area contributed by atoms with E-state index in [9.17, 15) is 4.79 Å². The largest absolute Gasteiger partial charge is 0.483 e. The number of para-hydroxylation sites is 1. The van der Waals surface area contributed by atoms with Gasteiger partial charge in [-0.1, -0.05) is 12.1 Å². The first-order chi connectivity index (χ1) is 10.9. The summed E-state index contributed by atoms with van der Waals surface area (Å²) < 4.78 is 16.9. The van der Waals surface area contributed by atoms with Crippen molar-refractivity contribution in [2.75, 3.05) is 13.7 Å². The molecule has 0 saturated heterocycles. The van der Waals surface area contributed by atoms with Crippen molar-refractivity contribution in [3.63, 3.8) is 0 Å². The van der Waals surface area contributed by atoms with Gasteiger partial charge in [-0.25, -0.2) is 0 Å². The molecule has 0 atom stereocenters. The standard InChI is InChI=1S/C18H21NO4/c1-18(2)10-13-6-4-8-15(17(13)23-18)22-12-16(20)19(3)11-14-7-5-9-21-14/h4-9H,10-12H2,1-3H3. The Hall–Kier alpha value is -2.43. The monoisotopic (exact) mass is 315 g/mol. The smallest absolute Gasteiger partial charge is 0.260 e. The van der Waals surface area contributed by atoms with Crippen LogP contribution in [0.4, 0.5) is 0 Å². The van der Waals surface area contributed by atoms with Crippen molar-refractivity contribution in [3.8, 4) is 11.5 Å². The lowest BCUT2D eigenvalue weighted by atomic mass is 10.0. The van der Waals surface area contributed by atoms with Gasteiger partial charge in [-0.3, -0.25) is 4.79 Å². The van der Waals surface area contributed by atoms with Crippen LogP contribution < -0.4 is 9.47 Å². The van der Waals surface area contributed by atoms with Gasteiger partial charge in [-0.2, -0.15) is 0 Å². The van der Waals surface area contributed by atoms with Crippen LogP contribution in [-0.2, 0) is 17.8 Å². The van der Waals surface area contributed by atoms with Crippen molar-refractivity contribution in [2.24, 2.45) is 0 Å². The molecule has 0 fully saturated rings. The number of fused-ring (bicyclic) bond motifs is 1. The Morgan fingerprint density at radius 2 is 2.13 bits per heavy atom. The van der Waals surface area contributed by atoms with Crippen LogP contribution in [0.25, 0.3) is 0 Å². The van der Waals surface area contributed by atoms with Gasteiger partial charge in [0.15, 0.2) is 18.1 Å². The van der Waals surface area contributed by atoms with Gasteiger partial charge >= 0.3 is 0 Å². The molecular weight excluding hydrogens is 294 g/mol. The number of rotatable bonds is 5. The third kappa shape index (κ3) is 3.50. The summed E-state index contributed by atoms with van der Waals surface area (Å²) in [5, 5.41) is 0. The number of benzene rings is 1. The van der Waals surface area contributed by atoms with E-state index in [0.29, 0.717) is 12.3 Å². The first-order valence-electron chi connectivity index (χ1n) is 7.65. The van der Waals surface area contributed by atoms with Crippen molar-refractivity contribution in [1.29, 1.82) is 0 Å². The average Bonchev–Trinajstić information content (AvgIpc) is 3.10. The molecule has 0 saturated carbocycles. The Bertz CT molecular complexity index is 691. The highest BCUT2D eigenvalue weighted by atomic mass is 16.5. The summed E-state index contributed by atoms with van der Waals surface area (Å²) >= 11 is 0. The molecule has 0 bridgehead atoms. The van der Waals surface area contributed by atoms with E-state index in [-0.39, 0.29) is 18.1 Å². The normalized spacial score (nSPS) is 14.9. The summed E-state index contributed by atoms with van der Waals surface area (Å²) in [6.07, 6.45) is 2.43. The highest BCUT2D eigenvalue weighted by molar-refractivity contribution is 5.77. The van der Waals surface area contributed by atoms with Crippen molar-refractivity contribution in [1.82, 2.24) is 4.90 Å². The molecule has 5 nitrogen and oxygen atoms in total. The van der Waals surface area contributed by atoms with Gasteiger partial charge in [-0.15, -0.1) is 0 Å². The zero-order chi connectivity index (χ0) is 16.4. The first kappa shape index (κ1) is 15.5. The zero-order valence-corrected chi connectivity index (χ0v) is 13.7. The summed E-state index contributed by atoms with van der Waals surface area (Å²) in [7, 11) is 1.73. The SMILES string of the molecule is CN(Cc1ccco1)C(=O)COc1cccc2c1OC(C)(C)C2. The fourth-order valence-corrected chi connectivity index (χ4v) is 2.68. The van der Waals surface area contributed by atoms with Gasteiger partial charge in [0, 0.05) is 19.0 Å². The van der Waals surface area contributed by atoms with Crippen LogP contribution >= 0.6 is 0 Å². The van der Waals surface area contributed by atoms with Crippen LogP contribution in [0.3, 0.4) is 0 Å². The number of hydrogen-bond donors (Lipinski definition) is 0. The predicted molar refractivity (Wildman–Crippen MR) is 85.5 cm³/mol. The van der Waals surface area contributed by atoms with Gasteiger partial charge in [0.1, 0.15) is 11.4 Å². The van der Waals surface area contributed by atoms with E-state index in [0.717, 1.165) is 23.5 Å². The first-order valence-corrected chi connectivity index (χ1v) is 7.65. The number of hydrogen-bond acceptors (Lipinski definition) is 4. The van der Waals surface area contributed by atoms with Gasteiger partial charge in [0.05, 0.1) is 12.8 Å². The maximum atomic E-state index is 12.2. The highest BCUT2D eigenvalue weighted by Crippen LogP contribution is 2.41. The Labute approximate surface area is 135 Å². The van der Waals surface area contributed by atoms with Crippen LogP contribution in [0.1, 0.15) is 25.2 Å². The third-order valence-electron chi connectivity index (χ3n) is 3.80. The second-order valence-electron chi connectivity index (χ2n) is 6.40. The molecule has 1 amide bonds. The van der Waals surface area contributed by atoms with E-state index in [4.69, 9.17) is 13.9 Å². The fraction of sp³-hybridized carbons (Fsp3) is 0.389. The molecule has 23 heavy (non-hydrogen) atoms. The van der Waals surface area contributed by atoms with Crippen molar-refractivity contribution >= 4 is 5.91 Å². The molecule has 0 radical (unpaired) electrons. The summed E-state index contributed by atoms with van der Waals surface area (Å²) in [4.78, 5) is 13.8. The average molecular weight is 315 g/mol. The molecule has 0 spiro atoms. The number of nitrogens with zero attached hydrogens (tertiary/aromatic N) is 1. The molecule has 1 aromatic carbocycles. The summed E-state index contributed by atoms with van der Waals surface area (Å²) in [6.45, 7) is 4.47. The minimum absolute atomic E-state index is 0.0303. The fourth-order valence-electron chi connectivity index (χ4n) is 2.68. The summed E-state index contributed by atoms with van der Waals surface area (Å²) in [6, 6.07) is 9.43. The minimum Gasteiger partial charge on any atom is -0.483 e. The Morgan fingerprint density at radius 3 is 2.87 bits per heavy atom. The van der Waals surface area contributed by atoms with Crippen molar-refractivity contribution in [2.45, 2.75) is 32.4 Å². The molecule has 1 aliphatic heterocycles. The van der Waals surface area contributed by atoms with Crippen LogP contribution in [0, 0.1) is 0 Å². The number of carbonyl (C=O) groups excluding carboxylic acids is 1. The molecule has 0 aliphatic carbocycles. The van der Waals surface area contributed by atoms with Gasteiger partial charge in [0.2, 0.25) is 0 Å². The summed E-state index contributed by atoms with van der Waals surface area (Å²) in [5.41, 5.74) is 0.880. The molecule has 3 rings (SSSR count). The molecule has 0 unspecified atom stereocenters. The Kier molecular flexibility index (Phi) is 4.03. The van der Waals surface area contributed by atoms with E-state index < -0.39 is 0 Å². The third-order valence-corrected chi connectivity index (χ3v) is 3.80. The van der Waals surface area contributed by atoms with Gasteiger partial charge < -0.3 is 18.8 Å². The van der Waals surface area contributed by atoms with E-state index in [1.165, 1.54) is 0 Å². The molecule has 0 N–H and O–H groups in total. The quantitative estimate of drug-likeness (QED) is 0.851. The lowest BCUT2D eigenvalue weighted by Crippen LogP contribution is -2.31. The number of likely N-dealkylation sites (N-methyl/N-ethyl adjacent to an activating group) is 1. The molecule has 2 aromatic rings. The van der Waals surface area contributed by atoms with Crippen LogP contribution in [-0.4, -0.2) is 30.1 Å². The number of ether oxygens (including phenoxy) is 2. The molecule has 5 heteroatoms. The lowest BCUT2D eigenvalue weighted by molar-refractivity contribution is -0.132. The molecule has 122 valence electrons. The number of amides is 1. The zero-order valence-electron chi connectivity index (χ0n) is 13.7. The molecular formula is C18H21NO4. The Balaban J connectivity index is 1.61. The highest BCUT2D eigenvalue weighted by Gasteiger charge is 2.32. The Morgan fingerprint density at radius 1 is 1.30 bits per heavy atom. The van der Waals surface area contributed by atoms with E-state index in [1.54, 1.807) is 24.3 Å². The van der Waals surface area contributed by atoms with Crippen LogP contribution in [0.5, 0.6) is 11.5 Å². The van der Waals surface area contributed by atoms with Crippen LogP contribution in [0.2, 0.25) is 0 Å². The van der Waals surface area contributed by atoms with Crippen molar-refractivity contribution in [3.05, 3.63) is 47.9 Å².